The Labute approximate surface area is 106 Å². The van der Waals surface area contributed by atoms with Gasteiger partial charge in [0.25, 0.3) is 0 Å². The van der Waals surface area contributed by atoms with Gasteiger partial charge in [0, 0.05) is 12.7 Å². The van der Waals surface area contributed by atoms with E-state index in [1.807, 2.05) is 0 Å². The largest absolute Gasteiger partial charge is 0.486 e. The zero-order valence-corrected chi connectivity index (χ0v) is 10.3. The second kappa shape index (κ2) is 4.61. The van der Waals surface area contributed by atoms with Crippen molar-refractivity contribution in [3.05, 3.63) is 23.8 Å². The summed E-state index contributed by atoms with van der Waals surface area (Å²) in [7, 11) is 1.60. The Kier molecular flexibility index (Phi) is 2.96. The van der Waals surface area contributed by atoms with Gasteiger partial charge in [-0.05, 0) is 37.0 Å². The van der Waals surface area contributed by atoms with Crippen molar-refractivity contribution in [1.29, 1.82) is 0 Å². The van der Waals surface area contributed by atoms with Crippen LogP contribution < -0.4 is 9.47 Å². The van der Waals surface area contributed by atoms with E-state index < -0.39 is 0 Å². The van der Waals surface area contributed by atoms with Crippen LogP contribution in [0.2, 0.25) is 0 Å². The van der Waals surface area contributed by atoms with Crippen molar-refractivity contribution in [2.24, 2.45) is 5.92 Å². The van der Waals surface area contributed by atoms with Crippen molar-refractivity contribution < 1.29 is 19.0 Å². The summed E-state index contributed by atoms with van der Waals surface area (Å²) in [6.45, 7) is 1.09. The molecule has 0 saturated heterocycles. The fraction of sp³-hybridized carbons (Fsp3) is 0.500. The van der Waals surface area contributed by atoms with Gasteiger partial charge in [0.05, 0.1) is 0 Å². The average Bonchev–Trinajstić information content (AvgIpc) is 3.23. The summed E-state index contributed by atoms with van der Waals surface area (Å²) in [5.74, 6) is 1.78. The van der Waals surface area contributed by atoms with Crippen LogP contribution in [-0.2, 0) is 4.74 Å². The Morgan fingerprint density at radius 2 is 2.00 bits per heavy atom. The molecule has 1 aliphatic heterocycles. The lowest BCUT2D eigenvalue weighted by Crippen LogP contribution is -2.25. The predicted molar refractivity (Wildman–Crippen MR) is 65.3 cm³/mol. The van der Waals surface area contributed by atoms with E-state index >= 15 is 0 Å². The molecule has 2 aliphatic rings. The zero-order chi connectivity index (χ0) is 12.5. The van der Waals surface area contributed by atoms with Crippen LogP contribution >= 0.6 is 0 Å². The Morgan fingerprint density at radius 1 is 1.28 bits per heavy atom. The minimum atomic E-state index is -0.312. The molecule has 1 aliphatic carbocycles. The summed E-state index contributed by atoms with van der Waals surface area (Å²) in [4.78, 5) is 12.3. The molecular formula is C14H16O4. The van der Waals surface area contributed by atoms with E-state index in [0.717, 1.165) is 12.8 Å². The SMILES string of the molecule is COC(C(=O)c1ccc2c(c1)OCCO2)C1CC1. The summed E-state index contributed by atoms with van der Waals surface area (Å²) in [6, 6.07) is 5.33. The molecule has 1 atom stereocenters. The Bertz CT molecular complexity index is 465. The van der Waals surface area contributed by atoms with Gasteiger partial charge in [0.15, 0.2) is 17.3 Å². The number of hydrogen-bond acceptors (Lipinski definition) is 4. The Hall–Kier alpha value is -1.55. The molecule has 0 bridgehead atoms. The van der Waals surface area contributed by atoms with Crippen molar-refractivity contribution in [2.75, 3.05) is 20.3 Å². The quantitative estimate of drug-likeness (QED) is 0.765. The van der Waals surface area contributed by atoms with Crippen LogP contribution in [-0.4, -0.2) is 32.2 Å². The highest BCUT2D eigenvalue weighted by molar-refractivity contribution is 6.00. The summed E-state index contributed by atoms with van der Waals surface area (Å²) in [5, 5.41) is 0. The maximum Gasteiger partial charge on any atom is 0.191 e. The van der Waals surface area contributed by atoms with Crippen LogP contribution in [0.25, 0.3) is 0 Å². The first-order valence-electron chi connectivity index (χ1n) is 6.26. The van der Waals surface area contributed by atoms with Crippen molar-refractivity contribution in [3.8, 4) is 11.5 Å². The third-order valence-corrected chi connectivity index (χ3v) is 3.39. The van der Waals surface area contributed by atoms with E-state index in [2.05, 4.69) is 0 Å². The minimum Gasteiger partial charge on any atom is -0.486 e. The lowest BCUT2D eigenvalue weighted by molar-refractivity contribution is 0.0539. The number of carbonyl (C=O) groups excluding carboxylic acids is 1. The zero-order valence-electron chi connectivity index (χ0n) is 10.3. The number of methoxy groups -OCH3 is 1. The van der Waals surface area contributed by atoms with Crippen LogP contribution in [0.5, 0.6) is 11.5 Å². The Morgan fingerprint density at radius 3 is 2.67 bits per heavy atom. The highest BCUT2D eigenvalue weighted by Crippen LogP contribution is 2.37. The molecule has 1 aromatic rings. The molecule has 4 nitrogen and oxygen atoms in total. The van der Waals surface area contributed by atoms with Crippen molar-refractivity contribution in [2.45, 2.75) is 18.9 Å². The number of rotatable bonds is 4. The maximum absolute atomic E-state index is 12.3. The standard InChI is InChI=1S/C14H16O4/c1-16-14(9-2-3-9)13(15)10-4-5-11-12(8-10)18-7-6-17-11/h4-5,8-9,14H,2-3,6-7H2,1H3. The molecule has 0 aromatic heterocycles. The van der Waals surface area contributed by atoms with E-state index in [9.17, 15) is 4.79 Å². The topological polar surface area (TPSA) is 44.8 Å². The number of hydrogen-bond donors (Lipinski definition) is 0. The van der Waals surface area contributed by atoms with E-state index in [1.165, 1.54) is 0 Å². The fourth-order valence-electron chi connectivity index (χ4n) is 2.27. The first kappa shape index (κ1) is 11.5. The first-order valence-corrected chi connectivity index (χ1v) is 6.26. The van der Waals surface area contributed by atoms with Gasteiger partial charge in [0.2, 0.25) is 0 Å². The van der Waals surface area contributed by atoms with Gasteiger partial charge in [-0.1, -0.05) is 0 Å². The number of fused-ring (bicyclic) bond motifs is 1. The number of ketones is 1. The maximum atomic E-state index is 12.3. The van der Waals surface area contributed by atoms with Gasteiger partial charge >= 0.3 is 0 Å². The summed E-state index contributed by atoms with van der Waals surface area (Å²) in [6.07, 6.45) is 1.84. The van der Waals surface area contributed by atoms with Crippen molar-refractivity contribution in [1.82, 2.24) is 0 Å². The summed E-state index contributed by atoms with van der Waals surface area (Å²) >= 11 is 0. The lowest BCUT2D eigenvalue weighted by atomic mass is 10.0. The van der Waals surface area contributed by atoms with Crippen molar-refractivity contribution >= 4 is 5.78 Å². The molecule has 18 heavy (non-hydrogen) atoms. The number of carbonyl (C=O) groups is 1. The predicted octanol–water partition coefficient (Wildman–Crippen LogP) is 2.07. The Balaban J connectivity index is 1.84. The van der Waals surface area contributed by atoms with Crippen LogP contribution in [0.3, 0.4) is 0 Å². The molecule has 1 heterocycles. The van der Waals surface area contributed by atoms with E-state index in [4.69, 9.17) is 14.2 Å². The van der Waals surface area contributed by atoms with Crippen molar-refractivity contribution in [3.63, 3.8) is 0 Å². The molecule has 0 N–H and O–H groups in total. The average molecular weight is 248 g/mol. The minimum absolute atomic E-state index is 0.0389. The normalized spacial score (nSPS) is 19.4. The molecule has 1 fully saturated rings. The molecule has 0 amide bonds. The first-order chi connectivity index (χ1) is 8.79. The number of Topliss-reactive ketones (excluding diaryl/α,β-unsaturated/α-hetero) is 1. The molecule has 3 rings (SSSR count). The van der Waals surface area contributed by atoms with Gasteiger partial charge < -0.3 is 14.2 Å². The molecule has 0 spiro atoms. The summed E-state index contributed by atoms with van der Waals surface area (Å²) in [5.41, 5.74) is 0.637. The van der Waals surface area contributed by atoms with Gasteiger partial charge in [0.1, 0.15) is 19.3 Å². The smallest absolute Gasteiger partial charge is 0.191 e. The second-order valence-corrected chi connectivity index (χ2v) is 4.72. The summed E-state index contributed by atoms with van der Waals surface area (Å²) < 4.78 is 16.2. The van der Waals surface area contributed by atoms with E-state index in [-0.39, 0.29) is 11.9 Å². The third-order valence-electron chi connectivity index (χ3n) is 3.39. The molecule has 96 valence electrons. The van der Waals surface area contributed by atoms with Gasteiger partial charge in [-0.3, -0.25) is 4.79 Å². The van der Waals surface area contributed by atoms with Crippen LogP contribution in [0.1, 0.15) is 23.2 Å². The number of benzene rings is 1. The van der Waals surface area contributed by atoms with E-state index in [0.29, 0.717) is 36.2 Å². The molecule has 1 saturated carbocycles. The molecule has 1 unspecified atom stereocenters. The van der Waals surface area contributed by atoms with Gasteiger partial charge in [-0.2, -0.15) is 0 Å². The highest BCUT2D eigenvalue weighted by atomic mass is 16.6. The fourth-order valence-corrected chi connectivity index (χ4v) is 2.27. The molecule has 4 heteroatoms. The van der Waals surface area contributed by atoms with Gasteiger partial charge in [-0.25, -0.2) is 0 Å². The van der Waals surface area contributed by atoms with Crippen LogP contribution in [0.15, 0.2) is 18.2 Å². The van der Waals surface area contributed by atoms with Gasteiger partial charge in [-0.15, -0.1) is 0 Å². The van der Waals surface area contributed by atoms with Crippen LogP contribution in [0.4, 0.5) is 0 Å². The second-order valence-electron chi connectivity index (χ2n) is 4.72. The number of ether oxygens (including phenoxy) is 3. The monoisotopic (exact) mass is 248 g/mol. The highest BCUT2D eigenvalue weighted by Gasteiger charge is 2.36. The third kappa shape index (κ3) is 2.08. The van der Waals surface area contributed by atoms with Crippen LogP contribution in [0, 0.1) is 5.92 Å². The lowest BCUT2D eigenvalue weighted by Gasteiger charge is -2.19. The molecular weight excluding hydrogens is 232 g/mol. The molecule has 0 radical (unpaired) electrons. The molecule has 1 aromatic carbocycles. The van der Waals surface area contributed by atoms with E-state index in [1.54, 1.807) is 25.3 Å².